The number of benzene rings is 3. The van der Waals surface area contributed by atoms with Gasteiger partial charge in [0.2, 0.25) is 6.79 Å². The fourth-order valence-corrected chi connectivity index (χ4v) is 6.69. The summed E-state index contributed by atoms with van der Waals surface area (Å²) >= 11 is 0. The van der Waals surface area contributed by atoms with E-state index in [0.29, 0.717) is 47.3 Å². The molecule has 0 amide bonds. The third-order valence-electron chi connectivity index (χ3n) is 9.29. The number of rotatable bonds is 14. The molecule has 3 aromatic carbocycles. The lowest BCUT2D eigenvalue weighted by atomic mass is 9.88. The summed E-state index contributed by atoms with van der Waals surface area (Å²) in [5.41, 5.74) is 9.02. The van der Waals surface area contributed by atoms with E-state index in [2.05, 4.69) is 5.32 Å². The third kappa shape index (κ3) is 7.91. The van der Waals surface area contributed by atoms with Gasteiger partial charge in [0.15, 0.2) is 29.6 Å². The second kappa shape index (κ2) is 15.6. The molecule has 4 aliphatic heterocycles. The largest absolute Gasteiger partial charge is 0.508 e. The lowest BCUT2D eigenvalue weighted by Crippen LogP contribution is -2.61. The van der Waals surface area contributed by atoms with E-state index < -0.39 is 67.8 Å². The van der Waals surface area contributed by atoms with E-state index in [1.807, 2.05) is 12.1 Å². The molecule has 0 spiro atoms. The Bertz CT molecular complexity index is 1820. The summed E-state index contributed by atoms with van der Waals surface area (Å²) in [5, 5.41) is 44.2. The van der Waals surface area contributed by atoms with E-state index in [9.17, 15) is 24.9 Å². The number of carbonyl (C=O) groups is 2. The Morgan fingerprint density at radius 1 is 1.00 bits per heavy atom. The van der Waals surface area contributed by atoms with Gasteiger partial charge in [-0.15, -0.1) is 0 Å². The average molecular weight is 741 g/mol. The number of aliphatic carboxylic acids is 1. The SMILES string of the molecule is CNC[C@H](N)CO[C@@H]1O[C@H](COC(=O)CC(=O)O)[C@@H](O)[C@H](O)[C@H]1OOc1cc2c(cc1Cc1cccc(O)c1)OC[C@@H]1c3cc4c(cc3O[C@H]21)OCO4. The smallest absolute Gasteiger partial charge is 0.317 e. The van der Waals surface area contributed by atoms with Crippen LogP contribution in [0.25, 0.3) is 0 Å². The zero-order chi connectivity index (χ0) is 37.2. The van der Waals surface area contributed by atoms with Crippen molar-refractivity contribution >= 4 is 11.9 Å². The molecule has 53 heavy (non-hydrogen) atoms. The van der Waals surface area contributed by atoms with Crippen LogP contribution in [0, 0.1) is 0 Å². The number of aliphatic hydroxyl groups excluding tert-OH is 2. The number of phenols is 1. The first-order valence-corrected chi connectivity index (χ1v) is 17.0. The number of nitrogens with one attached hydrogen (secondary N) is 1. The van der Waals surface area contributed by atoms with Crippen LogP contribution in [0.4, 0.5) is 0 Å². The Labute approximate surface area is 302 Å². The first kappa shape index (κ1) is 36.5. The number of nitrogens with two attached hydrogens (primary N) is 1. The van der Waals surface area contributed by atoms with Crippen molar-refractivity contribution in [1.82, 2.24) is 5.32 Å². The zero-order valence-corrected chi connectivity index (χ0v) is 28.5. The molecular weight excluding hydrogens is 700 g/mol. The van der Waals surface area contributed by atoms with Gasteiger partial charge in [0.05, 0.1) is 19.1 Å². The molecule has 7 rings (SSSR count). The van der Waals surface area contributed by atoms with Gasteiger partial charge in [0.1, 0.15) is 54.7 Å². The van der Waals surface area contributed by atoms with Crippen molar-refractivity contribution < 1.29 is 72.9 Å². The van der Waals surface area contributed by atoms with E-state index in [1.54, 1.807) is 43.4 Å². The van der Waals surface area contributed by atoms with Crippen LogP contribution in [0.2, 0.25) is 0 Å². The summed E-state index contributed by atoms with van der Waals surface area (Å²) in [5.74, 6) is 0.0545. The number of esters is 1. The molecule has 0 unspecified atom stereocenters. The van der Waals surface area contributed by atoms with Crippen LogP contribution < -0.4 is 34.9 Å². The molecule has 4 heterocycles. The highest BCUT2D eigenvalue weighted by atomic mass is 17.2. The van der Waals surface area contributed by atoms with Gasteiger partial charge >= 0.3 is 11.9 Å². The fourth-order valence-electron chi connectivity index (χ4n) is 6.69. The molecule has 0 saturated carbocycles. The second-order valence-corrected chi connectivity index (χ2v) is 13.1. The Morgan fingerprint density at radius 3 is 2.58 bits per heavy atom. The number of hydrogen-bond acceptors (Lipinski definition) is 16. The van der Waals surface area contributed by atoms with Crippen molar-refractivity contribution in [2.75, 3.05) is 40.2 Å². The predicted molar refractivity (Wildman–Crippen MR) is 179 cm³/mol. The minimum atomic E-state index is -1.70. The van der Waals surface area contributed by atoms with Crippen LogP contribution >= 0.6 is 0 Å². The summed E-state index contributed by atoms with van der Waals surface area (Å²) < 4.78 is 40.6. The molecule has 0 aliphatic carbocycles. The molecule has 3 aromatic rings. The van der Waals surface area contributed by atoms with Crippen LogP contribution in [0.3, 0.4) is 0 Å². The molecule has 8 atom stereocenters. The highest BCUT2D eigenvalue weighted by Crippen LogP contribution is 2.55. The number of hydrogen-bond donors (Lipinski definition) is 6. The Morgan fingerprint density at radius 2 is 1.81 bits per heavy atom. The van der Waals surface area contributed by atoms with Crippen molar-refractivity contribution in [3.05, 3.63) is 70.8 Å². The molecule has 1 saturated heterocycles. The highest BCUT2D eigenvalue weighted by Gasteiger charge is 2.48. The number of fused-ring (bicyclic) bond motifs is 6. The van der Waals surface area contributed by atoms with E-state index in [-0.39, 0.29) is 37.2 Å². The van der Waals surface area contributed by atoms with Crippen LogP contribution in [-0.2, 0) is 35.1 Å². The van der Waals surface area contributed by atoms with Crippen molar-refractivity contribution in [3.8, 4) is 34.5 Å². The second-order valence-electron chi connectivity index (χ2n) is 13.1. The highest BCUT2D eigenvalue weighted by molar-refractivity contribution is 5.90. The summed E-state index contributed by atoms with van der Waals surface area (Å²) in [6, 6.07) is 13.4. The van der Waals surface area contributed by atoms with Crippen molar-refractivity contribution in [3.63, 3.8) is 0 Å². The Hall–Kier alpha value is -4.88. The van der Waals surface area contributed by atoms with Crippen molar-refractivity contribution in [2.45, 2.75) is 61.6 Å². The molecule has 7 N–H and O–H groups in total. The number of aromatic hydroxyl groups is 1. The first-order chi connectivity index (χ1) is 25.6. The van der Waals surface area contributed by atoms with Crippen LogP contribution in [-0.4, -0.2) is 109 Å². The molecule has 1 fully saturated rings. The maximum atomic E-state index is 11.9. The van der Waals surface area contributed by atoms with Gasteiger partial charge in [-0.3, -0.25) is 9.59 Å². The van der Waals surface area contributed by atoms with E-state index in [0.717, 1.165) is 11.1 Å². The molecule has 17 nitrogen and oxygen atoms in total. The van der Waals surface area contributed by atoms with Crippen LogP contribution in [0.1, 0.15) is 40.7 Å². The van der Waals surface area contributed by atoms with Gasteiger partial charge in [-0.25, -0.2) is 0 Å². The van der Waals surface area contributed by atoms with E-state index in [4.69, 9.17) is 53.8 Å². The van der Waals surface area contributed by atoms with Gasteiger partial charge in [-0.05, 0) is 42.9 Å². The summed E-state index contributed by atoms with van der Waals surface area (Å²) in [6.07, 6.45) is -8.62. The van der Waals surface area contributed by atoms with Crippen molar-refractivity contribution in [1.29, 1.82) is 0 Å². The minimum Gasteiger partial charge on any atom is -0.508 e. The average Bonchev–Trinajstić information content (AvgIpc) is 3.73. The molecule has 0 bridgehead atoms. The quantitative estimate of drug-likeness (QED) is 0.0586. The summed E-state index contributed by atoms with van der Waals surface area (Å²) in [4.78, 5) is 34.6. The maximum Gasteiger partial charge on any atom is 0.317 e. The monoisotopic (exact) mass is 740 g/mol. The van der Waals surface area contributed by atoms with E-state index in [1.165, 1.54) is 0 Å². The topological polar surface area (TPSA) is 236 Å². The van der Waals surface area contributed by atoms with E-state index >= 15 is 0 Å². The van der Waals surface area contributed by atoms with Gasteiger partial charge in [-0.1, -0.05) is 12.1 Å². The van der Waals surface area contributed by atoms with Gasteiger partial charge in [0, 0.05) is 41.8 Å². The van der Waals surface area contributed by atoms with Crippen LogP contribution in [0.15, 0.2) is 48.5 Å². The number of ether oxygens (including phenoxy) is 7. The number of carbonyl (C=O) groups excluding carboxylic acids is 1. The normalized spacial score (nSPS) is 25.6. The molecule has 17 heteroatoms. The molecular formula is C36H40N2O15. The lowest BCUT2D eigenvalue weighted by Gasteiger charge is -2.41. The molecule has 0 radical (unpaired) electrons. The summed E-state index contributed by atoms with van der Waals surface area (Å²) in [7, 11) is 1.71. The fraction of sp³-hybridized carbons (Fsp3) is 0.444. The molecule has 284 valence electrons. The van der Waals surface area contributed by atoms with Gasteiger partial charge < -0.3 is 69.5 Å². The number of carboxylic acid groups (broad SMARTS) is 1. The number of aliphatic hydroxyl groups is 2. The third-order valence-corrected chi connectivity index (χ3v) is 9.29. The Balaban J connectivity index is 1.15. The number of phenolic OH excluding ortho intramolecular Hbond substituents is 1. The minimum absolute atomic E-state index is 0.0703. The van der Waals surface area contributed by atoms with Gasteiger partial charge in [-0.2, -0.15) is 4.89 Å². The Kier molecular flexibility index (Phi) is 10.7. The van der Waals surface area contributed by atoms with Gasteiger partial charge in [0.25, 0.3) is 0 Å². The van der Waals surface area contributed by atoms with Crippen molar-refractivity contribution in [2.24, 2.45) is 5.73 Å². The predicted octanol–water partition coefficient (Wildman–Crippen LogP) is 1.03. The first-order valence-electron chi connectivity index (χ1n) is 17.0. The number of likely N-dealkylation sites (N-methyl/N-ethyl adjacent to an activating group) is 1. The molecule has 4 aliphatic rings. The molecule has 0 aromatic heterocycles. The van der Waals surface area contributed by atoms with Crippen LogP contribution in [0.5, 0.6) is 34.5 Å². The summed E-state index contributed by atoms with van der Waals surface area (Å²) in [6.45, 7) is 0.187. The maximum absolute atomic E-state index is 11.9. The lowest BCUT2D eigenvalue weighted by molar-refractivity contribution is -0.373. The standard InChI is InChI=1S/C36H40N2O15/c1-38-12-19(37)13-47-36-35(33(44)32(43)29(51-36)15-46-31(42)11-30(40)41)53-52-24-9-22-25(7-18(24)5-17-3-2-4-20(39)6-17)45-14-23-21-8-27-28(49-16-48-27)10-26(21)50-34(22)23/h2-4,6-10,19,23,29,32-36,38-39,43-44H,5,11-16,37H2,1H3,(H,40,41)/t19-,23+,29+,32+,33-,34+,35+,36+/m0/s1. The zero-order valence-electron chi connectivity index (χ0n) is 28.5. The number of carboxylic acids is 1.